The number of nitrogens with one attached hydrogen (secondary N) is 1. The van der Waals surface area contributed by atoms with Gasteiger partial charge in [0.05, 0.1) is 19.2 Å². The molecular formula is C27H28Cl2N4O3. The number of carbonyl (C=O) groups is 2. The number of benzene rings is 2. The van der Waals surface area contributed by atoms with E-state index < -0.39 is 11.5 Å². The summed E-state index contributed by atoms with van der Waals surface area (Å²) in [5.41, 5.74) is 2.25. The van der Waals surface area contributed by atoms with Gasteiger partial charge >= 0.3 is 0 Å². The molecule has 2 amide bonds. The lowest BCUT2D eigenvalue weighted by atomic mass is 9.58. The van der Waals surface area contributed by atoms with Crippen LogP contribution in [0.1, 0.15) is 36.8 Å². The normalized spacial score (nSPS) is 24.9. The molecule has 0 saturated carbocycles. The fraction of sp³-hybridized carbons (Fsp3) is 0.370. The van der Waals surface area contributed by atoms with Crippen LogP contribution in [-0.2, 0) is 19.7 Å². The first-order valence-electron chi connectivity index (χ1n) is 12.0. The van der Waals surface area contributed by atoms with Crippen molar-refractivity contribution < 1.29 is 14.3 Å². The van der Waals surface area contributed by atoms with Gasteiger partial charge < -0.3 is 15.0 Å². The smallest absolute Gasteiger partial charge is 0.262 e. The van der Waals surface area contributed by atoms with Gasteiger partial charge in [-0.25, -0.2) is 5.01 Å². The zero-order valence-corrected chi connectivity index (χ0v) is 21.8. The highest BCUT2D eigenvalue weighted by Gasteiger charge is 2.63. The lowest BCUT2D eigenvalue weighted by molar-refractivity contribution is -0.136. The zero-order chi connectivity index (χ0) is 25.6. The second kappa shape index (κ2) is 9.54. The molecule has 0 bridgehead atoms. The number of piperidine rings is 1. The number of nitrogens with zero attached hydrogens (tertiary/aromatic N) is 3. The lowest BCUT2D eigenvalue weighted by Gasteiger charge is -2.54. The molecule has 1 N–H and O–H groups in total. The van der Waals surface area contributed by atoms with Gasteiger partial charge in [-0.1, -0.05) is 60.5 Å². The third-order valence-corrected chi connectivity index (χ3v) is 7.96. The molecule has 1 unspecified atom stereocenters. The molecule has 3 aliphatic heterocycles. The fourth-order valence-electron chi connectivity index (χ4n) is 5.89. The van der Waals surface area contributed by atoms with Gasteiger partial charge in [0.15, 0.2) is 0 Å². The summed E-state index contributed by atoms with van der Waals surface area (Å²) < 4.78 is 5.18. The average Bonchev–Trinajstić information content (AvgIpc) is 3.13. The van der Waals surface area contributed by atoms with Crippen LogP contribution in [0.4, 0.5) is 5.69 Å². The third kappa shape index (κ3) is 3.81. The van der Waals surface area contributed by atoms with Crippen LogP contribution in [0.2, 0.25) is 10.0 Å². The van der Waals surface area contributed by atoms with Gasteiger partial charge in [0.2, 0.25) is 5.91 Å². The molecule has 2 aromatic rings. The Bertz CT molecular complexity index is 1280. The first kappa shape index (κ1) is 24.8. The van der Waals surface area contributed by atoms with E-state index in [9.17, 15) is 9.59 Å². The van der Waals surface area contributed by atoms with E-state index in [1.165, 1.54) is 5.01 Å². The highest BCUT2D eigenvalue weighted by molar-refractivity contribution is 6.31. The molecular weight excluding hydrogens is 499 g/mol. The van der Waals surface area contributed by atoms with Crippen molar-refractivity contribution in [2.75, 3.05) is 32.1 Å². The number of carbonyl (C=O) groups excluding carboxylic acids is 2. The Labute approximate surface area is 220 Å². The van der Waals surface area contributed by atoms with Gasteiger partial charge in [0.25, 0.3) is 5.91 Å². The molecule has 9 heteroatoms. The summed E-state index contributed by atoms with van der Waals surface area (Å²) in [5.74, 6) is 0.156. The van der Waals surface area contributed by atoms with Crippen molar-refractivity contribution in [1.29, 1.82) is 0 Å². The van der Waals surface area contributed by atoms with Crippen molar-refractivity contribution in [2.24, 2.45) is 5.10 Å². The maximum Gasteiger partial charge on any atom is 0.262 e. The number of amides is 2. The number of ether oxygens (including phenoxy) is 1. The Hall–Kier alpha value is -2.87. The zero-order valence-electron chi connectivity index (χ0n) is 20.3. The first-order chi connectivity index (χ1) is 17.3. The molecule has 1 spiro atoms. The van der Waals surface area contributed by atoms with Crippen LogP contribution in [0, 0.1) is 0 Å². The standard InChI is InChI=1S/C27H28Cl2N4O3/c1-4-16(2)25-27(20-9-8-19(29)13-22(20)30-26(27)35)21(17-6-5-7-18(28)12-17)14-23-31-33(10-11-36-3)24(34)15-32(23)25/h5-9,12-13,21,25H,2,4,10-11,14-15H2,1,3H3,(H,30,35)/t21-,25+,27?/m0/s1. The van der Waals surface area contributed by atoms with Gasteiger partial charge in [-0.3, -0.25) is 9.59 Å². The van der Waals surface area contributed by atoms with E-state index in [1.54, 1.807) is 19.2 Å². The summed E-state index contributed by atoms with van der Waals surface area (Å²) in [7, 11) is 1.59. The van der Waals surface area contributed by atoms with E-state index in [1.807, 2.05) is 42.2 Å². The minimum absolute atomic E-state index is 0.104. The van der Waals surface area contributed by atoms with Crippen molar-refractivity contribution in [3.8, 4) is 0 Å². The van der Waals surface area contributed by atoms with Gasteiger partial charge in [-0.05, 0) is 41.8 Å². The number of rotatable bonds is 6. The number of hydrogen-bond donors (Lipinski definition) is 1. The maximum absolute atomic E-state index is 14.2. The van der Waals surface area contributed by atoms with Gasteiger partial charge in [0, 0.05) is 35.2 Å². The summed E-state index contributed by atoms with van der Waals surface area (Å²) in [6.07, 6.45) is 1.08. The molecule has 36 heavy (non-hydrogen) atoms. The van der Waals surface area contributed by atoms with E-state index in [4.69, 9.17) is 33.0 Å². The Balaban J connectivity index is 1.76. The monoisotopic (exact) mass is 526 g/mol. The Morgan fingerprint density at radius 1 is 1.22 bits per heavy atom. The van der Waals surface area contributed by atoms with Crippen LogP contribution in [0.3, 0.4) is 0 Å². The fourth-order valence-corrected chi connectivity index (χ4v) is 6.26. The third-order valence-electron chi connectivity index (χ3n) is 7.49. The van der Waals surface area contributed by atoms with E-state index in [0.29, 0.717) is 41.7 Å². The number of halogens is 2. The van der Waals surface area contributed by atoms with Crippen LogP contribution >= 0.6 is 23.2 Å². The molecule has 7 nitrogen and oxygen atoms in total. The summed E-state index contributed by atoms with van der Waals surface area (Å²) in [6.45, 7) is 7.26. The molecule has 1 fully saturated rings. The van der Waals surface area contributed by atoms with E-state index in [0.717, 1.165) is 22.5 Å². The van der Waals surface area contributed by atoms with Crippen molar-refractivity contribution in [2.45, 2.75) is 37.1 Å². The second-order valence-corrected chi connectivity index (χ2v) is 10.3. The van der Waals surface area contributed by atoms with Crippen molar-refractivity contribution in [1.82, 2.24) is 9.91 Å². The van der Waals surface area contributed by atoms with Crippen molar-refractivity contribution in [3.05, 3.63) is 75.8 Å². The number of hydrogen-bond acceptors (Lipinski definition) is 5. The molecule has 3 aliphatic rings. The minimum atomic E-state index is -1.05. The number of methoxy groups -OCH3 is 1. The molecule has 2 aromatic carbocycles. The van der Waals surface area contributed by atoms with Gasteiger partial charge in [-0.2, -0.15) is 5.10 Å². The van der Waals surface area contributed by atoms with Gasteiger partial charge in [0.1, 0.15) is 17.8 Å². The largest absolute Gasteiger partial charge is 0.383 e. The van der Waals surface area contributed by atoms with Crippen LogP contribution < -0.4 is 5.32 Å². The first-order valence-corrected chi connectivity index (χ1v) is 12.7. The molecule has 1 saturated heterocycles. The Morgan fingerprint density at radius 3 is 2.72 bits per heavy atom. The number of hydrazone groups is 1. The Morgan fingerprint density at radius 2 is 2.00 bits per heavy atom. The summed E-state index contributed by atoms with van der Waals surface area (Å²) in [6, 6.07) is 12.6. The molecule has 3 atom stereocenters. The molecule has 0 radical (unpaired) electrons. The lowest BCUT2D eigenvalue weighted by Crippen LogP contribution is -2.66. The Kier molecular flexibility index (Phi) is 6.57. The van der Waals surface area contributed by atoms with Crippen LogP contribution in [0.5, 0.6) is 0 Å². The molecule has 3 heterocycles. The van der Waals surface area contributed by atoms with Crippen LogP contribution in [0.25, 0.3) is 0 Å². The number of fused-ring (bicyclic) bond motifs is 3. The SMILES string of the molecule is C=C(CC)[C@H]1N2CC(=O)N(CCOC)N=C2C[C@@H](c2cccc(Cl)c2)C12C(=O)Nc1cc(Cl)ccc12. The number of anilines is 1. The number of amidine groups is 1. The highest BCUT2D eigenvalue weighted by atomic mass is 35.5. The van der Waals surface area contributed by atoms with E-state index >= 15 is 0 Å². The van der Waals surface area contributed by atoms with Crippen molar-refractivity contribution >= 4 is 46.5 Å². The highest BCUT2D eigenvalue weighted by Crippen LogP contribution is 2.57. The van der Waals surface area contributed by atoms with Crippen LogP contribution in [0.15, 0.2) is 59.7 Å². The summed E-state index contributed by atoms with van der Waals surface area (Å²) in [4.78, 5) is 29.3. The molecule has 5 rings (SSSR count). The second-order valence-electron chi connectivity index (χ2n) is 9.39. The molecule has 0 aromatic heterocycles. The average molecular weight is 527 g/mol. The molecule has 0 aliphatic carbocycles. The summed E-state index contributed by atoms with van der Waals surface area (Å²) >= 11 is 12.7. The topological polar surface area (TPSA) is 74.2 Å². The van der Waals surface area contributed by atoms with Gasteiger partial charge in [-0.15, -0.1) is 0 Å². The minimum Gasteiger partial charge on any atom is -0.383 e. The van der Waals surface area contributed by atoms with E-state index in [-0.39, 0.29) is 24.3 Å². The van der Waals surface area contributed by atoms with Crippen LogP contribution in [-0.4, -0.2) is 60.4 Å². The predicted octanol–water partition coefficient (Wildman–Crippen LogP) is 4.81. The maximum atomic E-state index is 14.2. The molecule has 188 valence electrons. The van der Waals surface area contributed by atoms with E-state index in [2.05, 4.69) is 11.9 Å². The predicted molar refractivity (Wildman–Crippen MR) is 142 cm³/mol. The quantitative estimate of drug-likeness (QED) is 0.548. The summed E-state index contributed by atoms with van der Waals surface area (Å²) in [5, 5.41) is 10.4. The van der Waals surface area contributed by atoms with Crippen molar-refractivity contribution in [3.63, 3.8) is 0 Å².